The van der Waals surface area contributed by atoms with E-state index in [0.29, 0.717) is 4.68 Å². The Kier molecular flexibility index (Phi) is 4.58. The first-order valence-electron chi connectivity index (χ1n) is 5.59. The lowest BCUT2D eigenvalue weighted by Crippen LogP contribution is -2.28. The smallest absolute Gasteiger partial charge is 0.413 e. The third-order valence-corrected chi connectivity index (χ3v) is 1.89. The van der Waals surface area contributed by atoms with E-state index in [1.807, 2.05) is 0 Å². The molecule has 0 bridgehead atoms. The molecule has 112 valence electrons. The Morgan fingerprint density at radius 1 is 1.60 bits per heavy atom. The van der Waals surface area contributed by atoms with Gasteiger partial charge < -0.3 is 14.9 Å². The summed E-state index contributed by atoms with van der Waals surface area (Å²) >= 11 is 0. The second-order valence-corrected chi connectivity index (χ2v) is 4.84. The van der Waals surface area contributed by atoms with Crippen molar-refractivity contribution in [3.05, 3.63) is 16.2 Å². The fourth-order valence-corrected chi connectivity index (χ4v) is 1.27. The van der Waals surface area contributed by atoms with E-state index < -0.39 is 35.4 Å². The van der Waals surface area contributed by atoms with Crippen LogP contribution in [0.4, 0.5) is 25.2 Å². The molecule has 0 fully saturated rings. The molecule has 1 N–H and O–H groups in total. The molecule has 1 amide bonds. The summed E-state index contributed by atoms with van der Waals surface area (Å²) in [6.07, 6.45) is -3.68. The Balaban J connectivity index is 2.92. The van der Waals surface area contributed by atoms with Gasteiger partial charge in [-0.3, -0.25) is 5.32 Å². The molecule has 0 unspecified atom stereocenters. The molecule has 1 aromatic rings. The summed E-state index contributed by atoms with van der Waals surface area (Å²) in [6, 6.07) is 0.881. The van der Waals surface area contributed by atoms with Crippen molar-refractivity contribution in [1.82, 2.24) is 9.78 Å². The van der Waals surface area contributed by atoms with E-state index in [1.165, 1.54) is 0 Å². The van der Waals surface area contributed by atoms with Gasteiger partial charge in [0.05, 0.1) is 11.2 Å². The zero-order valence-electron chi connectivity index (χ0n) is 11.1. The number of nitro groups is 1. The lowest BCUT2D eigenvalue weighted by molar-refractivity contribution is -0.389. The van der Waals surface area contributed by atoms with Crippen LogP contribution in [-0.2, 0) is 11.3 Å². The molecule has 0 radical (unpaired) electrons. The van der Waals surface area contributed by atoms with Crippen molar-refractivity contribution in [2.24, 2.45) is 0 Å². The number of anilines is 1. The molecule has 0 atom stereocenters. The molecular weight excluding hydrogens is 278 g/mol. The van der Waals surface area contributed by atoms with Gasteiger partial charge in [0.25, 0.3) is 6.43 Å². The van der Waals surface area contributed by atoms with E-state index in [0.717, 1.165) is 6.07 Å². The number of alkyl halides is 2. The number of hydrogen-bond donors (Lipinski definition) is 1. The van der Waals surface area contributed by atoms with Gasteiger partial charge in [0.2, 0.25) is 0 Å². The van der Waals surface area contributed by atoms with E-state index in [4.69, 9.17) is 4.74 Å². The summed E-state index contributed by atoms with van der Waals surface area (Å²) < 4.78 is 30.3. The molecular formula is C10H14F2N4O4. The first-order chi connectivity index (χ1) is 9.08. The highest BCUT2D eigenvalue weighted by molar-refractivity contribution is 5.84. The van der Waals surface area contributed by atoms with Crippen molar-refractivity contribution in [2.45, 2.75) is 39.3 Å². The maximum Gasteiger partial charge on any atom is 0.413 e. The number of nitrogens with zero attached hydrogens (tertiary/aromatic N) is 3. The van der Waals surface area contributed by atoms with E-state index in [1.54, 1.807) is 20.8 Å². The SMILES string of the molecule is CC(C)(C)OC(=O)Nc1cc([N+](=O)[O-])nn1CC(F)F. The highest BCUT2D eigenvalue weighted by Crippen LogP contribution is 2.19. The number of halogens is 2. The largest absolute Gasteiger partial charge is 0.444 e. The fourth-order valence-electron chi connectivity index (χ4n) is 1.27. The number of aromatic nitrogens is 2. The standard InChI is InChI=1S/C10H14F2N4O4/c1-10(2,3)20-9(17)13-7-4-8(16(18)19)14-15(7)5-6(11)12/h4,6H,5H2,1-3H3,(H,13,17). The third kappa shape index (κ3) is 4.78. The molecule has 0 aliphatic carbocycles. The van der Waals surface area contributed by atoms with Gasteiger partial charge in [0.15, 0.2) is 5.82 Å². The quantitative estimate of drug-likeness (QED) is 0.678. The van der Waals surface area contributed by atoms with Crippen molar-refractivity contribution in [3.63, 3.8) is 0 Å². The number of carbonyl (C=O) groups excluding carboxylic acids is 1. The average Bonchev–Trinajstić information content (AvgIpc) is 2.57. The molecule has 1 heterocycles. The van der Waals surface area contributed by atoms with Crippen LogP contribution in [0, 0.1) is 10.1 Å². The first kappa shape index (κ1) is 15.8. The highest BCUT2D eigenvalue weighted by Gasteiger charge is 2.24. The van der Waals surface area contributed by atoms with Crippen LogP contribution < -0.4 is 5.32 Å². The van der Waals surface area contributed by atoms with Gasteiger partial charge in [-0.2, -0.15) is 4.68 Å². The second kappa shape index (κ2) is 5.80. The van der Waals surface area contributed by atoms with E-state index in [2.05, 4.69) is 10.4 Å². The van der Waals surface area contributed by atoms with Crippen LogP contribution in [0.3, 0.4) is 0 Å². The van der Waals surface area contributed by atoms with Crippen LogP contribution in [0.15, 0.2) is 6.07 Å². The molecule has 20 heavy (non-hydrogen) atoms. The summed E-state index contributed by atoms with van der Waals surface area (Å²) in [6.45, 7) is 3.97. The lowest BCUT2D eigenvalue weighted by atomic mass is 10.2. The number of ether oxygens (including phenoxy) is 1. The van der Waals surface area contributed by atoms with Crippen molar-refractivity contribution < 1.29 is 23.2 Å². The number of hydrogen-bond acceptors (Lipinski definition) is 5. The molecule has 10 heteroatoms. The van der Waals surface area contributed by atoms with Crippen LogP contribution in [0.5, 0.6) is 0 Å². The second-order valence-electron chi connectivity index (χ2n) is 4.84. The van der Waals surface area contributed by atoms with Crippen molar-refractivity contribution in [2.75, 3.05) is 5.32 Å². The van der Waals surface area contributed by atoms with Crippen LogP contribution >= 0.6 is 0 Å². The number of nitrogens with one attached hydrogen (secondary N) is 1. The summed E-state index contributed by atoms with van der Waals surface area (Å²) in [5, 5.41) is 16.1. The number of carbonyl (C=O) groups is 1. The molecule has 0 spiro atoms. The summed E-state index contributed by atoms with van der Waals surface area (Å²) in [4.78, 5) is 21.2. The minimum atomic E-state index is -2.77. The van der Waals surface area contributed by atoms with Crippen molar-refractivity contribution in [1.29, 1.82) is 0 Å². The Morgan fingerprint density at radius 3 is 2.65 bits per heavy atom. The molecule has 0 aliphatic rings. The van der Waals surface area contributed by atoms with E-state index in [9.17, 15) is 23.7 Å². The summed E-state index contributed by atoms with van der Waals surface area (Å²) in [5.41, 5.74) is -0.788. The molecule has 1 rings (SSSR count). The zero-order valence-corrected chi connectivity index (χ0v) is 11.1. The van der Waals surface area contributed by atoms with Crippen molar-refractivity contribution >= 4 is 17.7 Å². The highest BCUT2D eigenvalue weighted by atomic mass is 19.3. The number of amides is 1. The van der Waals surface area contributed by atoms with E-state index >= 15 is 0 Å². The minimum absolute atomic E-state index is 0.230. The Labute approximate surface area is 112 Å². The predicted molar refractivity (Wildman–Crippen MR) is 64.7 cm³/mol. The average molecular weight is 292 g/mol. The minimum Gasteiger partial charge on any atom is -0.444 e. The van der Waals surface area contributed by atoms with Crippen LogP contribution in [0.1, 0.15) is 20.8 Å². The first-order valence-corrected chi connectivity index (χ1v) is 5.59. The maximum atomic E-state index is 12.3. The third-order valence-electron chi connectivity index (χ3n) is 1.89. The van der Waals surface area contributed by atoms with Crippen LogP contribution in [-0.4, -0.2) is 32.8 Å². The normalized spacial score (nSPS) is 11.5. The maximum absolute atomic E-state index is 12.3. The monoisotopic (exact) mass is 292 g/mol. The van der Waals surface area contributed by atoms with Crippen LogP contribution in [0.2, 0.25) is 0 Å². The van der Waals surface area contributed by atoms with Gasteiger partial charge in [0, 0.05) is 0 Å². The summed E-state index contributed by atoms with van der Waals surface area (Å²) in [7, 11) is 0. The Bertz CT molecular complexity index is 510. The Hall–Kier alpha value is -2.26. The van der Waals surface area contributed by atoms with Gasteiger partial charge >= 0.3 is 11.9 Å². The molecule has 0 saturated carbocycles. The fraction of sp³-hybridized carbons (Fsp3) is 0.600. The van der Waals surface area contributed by atoms with Crippen LogP contribution in [0.25, 0.3) is 0 Å². The van der Waals surface area contributed by atoms with Gasteiger partial charge in [-0.15, -0.1) is 0 Å². The van der Waals surface area contributed by atoms with E-state index in [-0.39, 0.29) is 5.82 Å². The molecule has 1 aromatic heterocycles. The molecule has 0 aliphatic heterocycles. The topological polar surface area (TPSA) is 99.3 Å². The predicted octanol–water partition coefficient (Wildman–Crippen LogP) is 2.40. The van der Waals surface area contributed by atoms with Gasteiger partial charge in [-0.25, -0.2) is 13.6 Å². The Morgan fingerprint density at radius 2 is 2.20 bits per heavy atom. The zero-order chi connectivity index (χ0) is 15.5. The van der Waals surface area contributed by atoms with Crippen molar-refractivity contribution in [3.8, 4) is 0 Å². The van der Waals surface area contributed by atoms with Gasteiger partial charge in [0.1, 0.15) is 12.1 Å². The number of rotatable bonds is 4. The molecule has 8 nitrogen and oxygen atoms in total. The molecule has 0 saturated heterocycles. The van der Waals surface area contributed by atoms with Gasteiger partial charge in [-0.1, -0.05) is 0 Å². The summed E-state index contributed by atoms with van der Waals surface area (Å²) in [5.74, 6) is -0.872. The van der Waals surface area contributed by atoms with Gasteiger partial charge in [-0.05, 0) is 25.7 Å². The molecule has 0 aromatic carbocycles. The lowest BCUT2D eigenvalue weighted by Gasteiger charge is -2.19.